The molecule has 0 atom stereocenters. The standard InChI is InChI=1S/C19H13N3O/c20-19(23)17-9-11-22-18(12-17)16-7-5-14(6-8-16)3-4-15-2-1-10-21-13-15/h1-2,5-13H,(H2,20,23). The number of hydrogen-bond acceptors (Lipinski definition) is 3. The maximum atomic E-state index is 11.2. The molecule has 0 aliphatic heterocycles. The van der Waals surface area contributed by atoms with E-state index in [1.807, 2.05) is 36.4 Å². The third-order valence-corrected chi connectivity index (χ3v) is 3.24. The van der Waals surface area contributed by atoms with E-state index in [1.165, 1.54) is 0 Å². The van der Waals surface area contributed by atoms with Gasteiger partial charge in [-0.3, -0.25) is 14.8 Å². The number of amides is 1. The fourth-order valence-corrected chi connectivity index (χ4v) is 2.05. The van der Waals surface area contributed by atoms with E-state index in [1.54, 1.807) is 30.7 Å². The van der Waals surface area contributed by atoms with Gasteiger partial charge < -0.3 is 5.73 Å². The highest BCUT2D eigenvalue weighted by molar-refractivity contribution is 5.93. The number of pyridine rings is 2. The summed E-state index contributed by atoms with van der Waals surface area (Å²) in [7, 11) is 0. The molecular weight excluding hydrogens is 286 g/mol. The van der Waals surface area contributed by atoms with E-state index >= 15 is 0 Å². The van der Waals surface area contributed by atoms with Crippen LogP contribution in [0.25, 0.3) is 11.3 Å². The molecule has 0 saturated carbocycles. The second kappa shape index (κ2) is 6.54. The summed E-state index contributed by atoms with van der Waals surface area (Å²) in [5.74, 6) is 5.67. The lowest BCUT2D eigenvalue weighted by atomic mass is 10.1. The van der Waals surface area contributed by atoms with Gasteiger partial charge in [-0.25, -0.2) is 0 Å². The average molecular weight is 299 g/mol. The Bertz CT molecular complexity index is 891. The summed E-state index contributed by atoms with van der Waals surface area (Å²) in [5, 5.41) is 0. The Labute approximate surface area is 134 Å². The first-order valence-corrected chi connectivity index (χ1v) is 7.01. The van der Waals surface area contributed by atoms with Crippen LogP contribution in [0, 0.1) is 11.8 Å². The molecule has 0 unspecified atom stereocenters. The number of benzene rings is 1. The van der Waals surface area contributed by atoms with Gasteiger partial charge in [0.05, 0.1) is 5.69 Å². The molecule has 0 bridgehead atoms. The Morgan fingerprint density at radius 2 is 1.74 bits per heavy atom. The van der Waals surface area contributed by atoms with Gasteiger partial charge in [-0.05, 0) is 36.4 Å². The Kier molecular flexibility index (Phi) is 4.12. The molecule has 1 amide bonds. The summed E-state index contributed by atoms with van der Waals surface area (Å²) in [6.07, 6.45) is 5.01. The topological polar surface area (TPSA) is 68.9 Å². The van der Waals surface area contributed by atoms with Gasteiger partial charge in [0.2, 0.25) is 5.91 Å². The van der Waals surface area contributed by atoms with Crippen molar-refractivity contribution in [1.82, 2.24) is 9.97 Å². The molecule has 0 aliphatic rings. The molecule has 2 N–H and O–H groups in total. The van der Waals surface area contributed by atoms with Crippen LogP contribution in [0.2, 0.25) is 0 Å². The molecule has 0 saturated heterocycles. The lowest BCUT2D eigenvalue weighted by molar-refractivity contribution is 0.1000. The normalized spacial score (nSPS) is 9.74. The van der Waals surface area contributed by atoms with Crippen molar-refractivity contribution in [1.29, 1.82) is 0 Å². The molecule has 0 fully saturated rings. The molecule has 2 aromatic heterocycles. The quantitative estimate of drug-likeness (QED) is 0.740. The van der Waals surface area contributed by atoms with E-state index in [0.717, 1.165) is 16.7 Å². The molecule has 1 aromatic carbocycles. The van der Waals surface area contributed by atoms with Crippen LogP contribution in [0.1, 0.15) is 21.5 Å². The van der Waals surface area contributed by atoms with E-state index in [4.69, 9.17) is 5.73 Å². The summed E-state index contributed by atoms with van der Waals surface area (Å²) in [6.45, 7) is 0. The fourth-order valence-electron chi connectivity index (χ4n) is 2.05. The van der Waals surface area contributed by atoms with Crippen molar-refractivity contribution >= 4 is 5.91 Å². The Morgan fingerprint density at radius 3 is 2.43 bits per heavy atom. The molecule has 0 aliphatic carbocycles. The molecule has 3 aromatic rings. The van der Waals surface area contributed by atoms with Gasteiger partial charge in [-0.15, -0.1) is 0 Å². The number of rotatable bonds is 2. The number of nitrogens with zero attached hydrogens (tertiary/aromatic N) is 2. The minimum Gasteiger partial charge on any atom is -0.366 e. The molecule has 110 valence electrons. The molecule has 23 heavy (non-hydrogen) atoms. The largest absolute Gasteiger partial charge is 0.366 e. The number of carbonyl (C=O) groups is 1. The van der Waals surface area contributed by atoms with Crippen LogP contribution in [0.5, 0.6) is 0 Å². The van der Waals surface area contributed by atoms with Gasteiger partial charge in [-0.2, -0.15) is 0 Å². The fraction of sp³-hybridized carbons (Fsp3) is 0. The first kappa shape index (κ1) is 14.5. The number of nitrogens with two attached hydrogens (primary N) is 1. The first-order valence-electron chi connectivity index (χ1n) is 7.01. The minimum atomic E-state index is -0.465. The van der Waals surface area contributed by atoms with E-state index in [9.17, 15) is 4.79 Å². The molecular formula is C19H13N3O. The summed E-state index contributed by atoms with van der Waals surface area (Å²) < 4.78 is 0. The Hall–Kier alpha value is -3.45. The highest BCUT2D eigenvalue weighted by Crippen LogP contribution is 2.18. The number of carbonyl (C=O) groups excluding carboxylic acids is 1. The lowest BCUT2D eigenvalue weighted by Crippen LogP contribution is -2.10. The van der Waals surface area contributed by atoms with Crippen molar-refractivity contribution in [2.75, 3.05) is 0 Å². The third kappa shape index (κ3) is 3.60. The predicted molar refractivity (Wildman–Crippen MR) is 88.4 cm³/mol. The lowest BCUT2D eigenvalue weighted by Gasteiger charge is -2.02. The van der Waals surface area contributed by atoms with E-state index in [2.05, 4.69) is 21.8 Å². The zero-order valence-electron chi connectivity index (χ0n) is 12.2. The SMILES string of the molecule is NC(=O)c1ccnc(-c2ccc(C#Cc3cccnc3)cc2)c1. The first-order chi connectivity index (χ1) is 11.2. The van der Waals surface area contributed by atoms with Gasteiger partial charge in [0.25, 0.3) is 0 Å². The zero-order valence-corrected chi connectivity index (χ0v) is 12.2. The maximum Gasteiger partial charge on any atom is 0.248 e. The number of hydrogen-bond donors (Lipinski definition) is 1. The summed E-state index contributed by atoms with van der Waals surface area (Å²) in [6, 6.07) is 14.7. The molecule has 4 heteroatoms. The average Bonchev–Trinajstić information content (AvgIpc) is 2.61. The van der Waals surface area contributed by atoms with Gasteiger partial charge in [0.15, 0.2) is 0 Å². The van der Waals surface area contributed by atoms with Gasteiger partial charge >= 0.3 is 0 Å². The van der Waals surface area contributed by atoms with Crippen molar-refractivity contribution in [2.24, 2.45) is 5.73 Å². The summed E-state index contributed by atoms with van der Waals surface area (Å²) in [4.78, 5) is 19.5. The van der Waals surface area contributed by atoms with Gasteiger partial charge in [0, 0.05) is 40.8 Å². The van der Waals surface area contributed by atoms with Crippen LogP contribution in [0.3, 0.4) is 0 Å². The zero-order chi connectivity index (χ0) is 16.1. The summed E-state index contributed by atoms with van der Waals surface area (Å²) >= 11 is 0. The van der Waals surface area contributed by atoms with Crippen LogP contribution in [0.4, 0.5) is 0 Å². The van der Waals surface area contributed by atoms with E-state index < -0.39 is 5.91 Å². The van der Waals surface area contributed by atoms with Crippen molar-refractivity contribution in [2.45, 2.75) is 0 Å². The van der Waals surface area contributed by atoms with Crippen LogP contribution < -0.4 is 5.73 Å². The van der Waals surface area contributed by atoms with Crippen LogP contribution in [-0.4, -0.2) is 15.9 Å². The molecule has 0 spiro atoms. The minimum absolute atomic E-state index is 0.440. The Morgan fingerprint density at radius 1 is 0.957 bits per heavy atom. The van der Waals surface area contributed by atoms with Crippen LogP contribution in [-0.2, 0) is 0 Å². The van der Waals surface area contributed by atoms with Crippen LogP contribution in [0.15, 0.2) is 67.1 Å². The monoisotopic (exact) mass is 299 g/mol. The maximum absolute atomic E-state index is 11.2. The van der Waals surface area contributed by atoms with Gasteiger partial charge in [0.1, 0.15) is 0 Å². The van der Waals surface area contributed by atoms with E-state index in [0.29, 0.717) is 11.3 Å². The molecule has 2 heterocycles. The molecule has 0 radical (unpaired) electrons. The molecule has 4 nitrogen and oxygen atoms in total. The number of aromatic nitrogens is 2. The number of primary amides is 1. The Balaban J connectivity index is 1.84. The van der Waals surface area contributed by atoms with Gasteiger partial charge in [-0.1, -0.05) is 24.0 Å². The van der Waals surface area contributed by atoms with Crippen LogP contribution >= 0.6 is 0 Å². The van der Waals surface area contributed by atoms with Crippen molar-refractivity contribution in [3.05, 3.63) is 83.8 Å². The highest BCUT2D eigenvalue weighted by Gasteiger charge is 2.04. The third-order valence-electron chi connectivity index (χ3n) is 3.24. The van der Waals surface area contributed by atoms with Crippen molar-refractivity contribution in [3.8, 4) is 23.1 Å². The highest BCUT2D eigenvalue weighted by atomic mass is 16.1. The van der Waals surface area contributed by atoms with Crippen molar-refractivity contribution < 1.29 is 4.79 Å². The summed E-state index contributed by atoms with van der Waals surface area (Å²) in [5.41, 5.74) is 9.09. The predicted octanol–water partition coefficient (Wildman–Crippen LogP) is 2.64. The van der Waals surface area contributed by atoms with Crippen molar-refractivity contribution in [3.63, 3.8) is 0 Å². The molecule has 3 rings (SSSR count). The second-order valence-corrected chi connectivity index (χ2v) is 4.86. The van der Waals surface area contributed by atoms with E-state index in [-0.39, 0.29) is 0 Å². The smallest absolute Gasteiger partial charge is 0.248 e. The second-order valence-electron chi connectivity index (χ2n) is 4.86.